The zero-order valence-electron chi connectivity index (χ0n) is 14.6. The maximum atomic E-state index is 10.3. The molecule has 23 heavy (non-hydrogen) atoms. The van der Waals surface area contributed by atoms with E-state index in [1.807, 2.05) is 10.6 Å². The van der Waals surface area contributed by atoms with Crippen LogP contribution in [0.25, 0.3) is 0 Å². The molecule has 0 saturated carbocycles. The molecule has 0 radical (unpaired) electrons. The average molecular weight is 342 g/mol. The number of allylic oxidation sites excluding steroid dienone is 1. The molecule has 6 heteroatoms. The third kappa shape index (κ3) is 6.97. The highest BCUT2D eigenvalue weighted by Crippen LogP contribution is 2.26. The van der Waals surface area contributed by atoms with Crippen molar-refractivity contribution in [2.24, 2.45) is 5.92 Å². The van der Waals surface area contributed by atoms with Crippen molar-refractivity contribution in [3.63, 3.8) is 0 Å². The first-order chi connectivity index (χ1) is 11.0. The molecule has 1 aromatic rings. The first-order valence-corrected chi connectivity index (χ1v) is 8.92. The van der Waals surface area contributed by atoms with Crippen molar-refractivity contribution < 1.29 is 9.84 Å². The molecule has 5 nitrogen and oxygen atoms in total. The predicted octanol–water partition coefficient (Wildman–Crippen LogP) is 3.82. The molecule has 0 aliphatic rings. The zero-order chi connectivity index (χ0) is 17.2. The summed E-state index contributed by atoms with van der Waals surface area (Å²) in [5.74, 6) is 1.55. The lowest BCUT2D eigenvalue weighted by Crippen LogP contribution is -2.22. The molecule has 1 aromatic heterocycles. The summed E-state index contributed by atoms with van der Waals surface area (Å²) in [5, 5.41) is 17.6. The van der Waals surface area contributed by atoms with Crippen LogP contribution >= 0.6 is 12.2 Å². The monoisotopic (exact) mass is 341 g/mol. The van der Waals surface area contributed by atoms with E-state index in [1.165, 1.54) is 0 Å². The third-order valence-corrected chi connectivity index (χ3v) is 4.00. The van der Waals surface area contributed by atoms with Crippen molar-refractivity contribution in [1.82, 2.24) is 14.8 Å². The minimum atomic E-state index is -0.488. The fourth-order valence-corrected chi connectivity index (χ4v) is 2.80. The summed E-state index contributed by atoms with van der Waals surface area (Å²) in [6, 6.07) is 0. The Bertz CT molecular complexity index is 510. The number of rotatable bonds is 12. The van der Waals surface area contributed by atoms with E-state index in [0.717, 1.165) is 25.1 Å². The van der Waals surface area contributed by atoms with Crippen LogP contribution in [0.2, 0.25) is 0 Å². The van der Waals surface area contributed by atoms with Crippen molar-refractivity contribution >= 4 is 12.2 Å². The van der Waals surface area contributed by atoms with Gasteiger partial charge in [0.2, 0.25) is 0 Å². The van der Waals surface area contributed by atoms with Gasteiger partial charge in [0.1, 0.15) is 5.82 Å². The van der Waals surface area contributed by atoms with Crippen molar-refractivity contribution in [3.05, 3.63) is 23.3 Å². The number of aromatic nitrogens is 3. The summed E-state index contributed by atoms with van der Waals surface area (Å²) >= 11 is 5.29. The Labute approximate surface area is 144 Å². The van der Waals surface area contributed by atoms with E-state index in [9.17, 15) is 5.11 Å². The highest BCUT2D eigenvalue weighted by Gasteiger charge is 2.21. The Kier molecular flexibility index (Phi) is 9.36. The van der Waals surface area contributed by atoms with Crippen molar-refractivity contribution in [1.29, 1.82) is 0 Å². The summed E-state index contributed by atoms with van der Waals surface area (Å²) in [4.78, 5) is 0. The Balaban J connectivity index is 2.75. The van der Waals surface area contributed by atoms with Gasteiger partial charge >= 0.3 is 0 Å². The van der Waals surface area contributed by atoms with E-state index < -0.39 is 6.10 Å². The Morgan fingerprint density at radius 1 is 1.43 bits per heavy atom. The van der Waals surface area contributed by atoms with Gasteiger partial charge in [-0.3, -0.25) is 5.10 Å². The molecule has 132 valence electrons. The fourth-order valence-electron chi connectivity index (χ4n) is 2.59. The summed E-state index contributed by atoms with van der Waals surface area (Å²) in [7, 11) is 0. The van der Waals surface area contributed by atoms with Crippen molar-refractivity contribution in [2.75, 3.05) is 13.2 Å². The highest BCUT2D eigenvalue weighted by atomic mass is 32.1. The molecule has 0 amide bonds. The number of unbranched alkanes of at least 4 members (excludes halogenated alkanes) is 1. The second-order valence-corrected chi connectivity index (χ2v) is 6.83. The van der Waals surface area contributed by atoms with Gasteiger partial charge in [0.05, 0.1) is 12.7 Å². The molecule has 0 unspecified atom stereocenters. The number of nitrogens with zero attached hydrogens (tertiary/aromatic N) is 2. The normalized spacial score (nSPS) is 14.1. The van der Waals surface area contributed by atoms with E-state index in [-0.39, 0.29) is 5.92 Å². The molecular weight excluding hydrogens is 310 g/mol. The molecule has 1 heterocycles. The van der Waals surface area contributed by atoms with E-state index in [4.69, 9.17) is 17.0 Å². The number of hydrogen-bond donors (Lipinski definition) is 2. The largest absolute Gasteiger partial charge is 0.391 e. The summed E-state index contributed by atoms with van der Waals surface area (Å²) in [5.41, 5.74) is 0. The molecular formula is C17H31N3O2S. The van der Waals surface area contributed by atoms with Gasteiger partial charge in [-0.1, -0.05) is 39.7 Å². The lowest BCUT2D eigenvalue weighted by atomic mass is 9.94. The zero-order valence-corrected chi connectivity index (χ0v) is 15.4. The van der Waals surface area contributed by atoms with Crippen molar-refractivity contribution in [3.8, 4) is 0 Å². The molecule has 0 fully saturated rings. The van der Waals surface area contributed by atoms with Crippen LogP contribution in [0, 0.1) is 10.7 Å². The number of aromatic amines is 1. The molecule has 0 saturated heterocycles. The van der Waals surface area contributed by atoms with Crippen LogP contribution in [-0.2, 0) is 11.3 Å². The van der Waals surface area contributed by atoms with E-state index in [1.54, 1.807) is 0 Å². The Morgan fingerprint density at radius 2 is 2.17 bits per heavy atom. The summed E-state index contributed by atoms with van der Waals surface area (Å²) < 4.78 is 8.13. The Hall–Kier alpha value is -0.980. The summed E-state index contributed by atoms with van der Waals surface area (Å²) in [6.45, 7) is 11.8. The Morgan fingerprint density at radius 3 is 2.78 bits per heavy atom. The lowest BCUT2D eigenvalue weighted by molar-refractivity contribution is 0.0178. The van der Waals surface area contributed by atoms with Crippen LogP contribution in [0.1, 0.15) is 58.2 Å². The van der Waals surface area contributed by atoms with E-state index in [2.05, 4.69) is 37.5 Å². The smallest absolute Gasteiger partial charge is 0.195 e. The van der Waals surface area contributed by atoms with Gasteiger partial charge in [-0.05, 0) is 31.0 Å². The van der Waals surface area contributed by atoms with Crippen LogP contribution < -0.4 is 0 Å². The van der Waals surface area contributed by atoms with Gasteiger partial charge in [-0.2, -0.15) is 5.10 Å². The molecule has 1 rings (SSSR count). The van der Waals surface area contributed by atoms with Gasteiger partial charge in [-0.25, -0.2) is 0 Å². The standard InChI is InChI=1S/C17H31N3O2S/c1-5-7-8-14(10-15(21)12-22-11-13(3)4)16-18-19-17(23)20(16)9-6-2/h6,13-15,21H,2,5,7-12H2,1,3-4H3,(H,19,23)/t14-,15+/m1/s1. The number of ether oxygens (including phenoxy) is 1. The van der Waals surface area contributed by atoms with Gasteiger partial charge in [0.25, 0.3) is 0 Å². The van der Waals surface area contributed by atoms with Gasteiger partial charge < -0.3 is 14.4 Å². The van der Waals surface area contributed by atoms with Crippen LogP contribution in [-0.4, -0.2) is 39.2 Å². The molecule has 2 atom stereocenters. The maximum Gasteiger partial charge on any atom is 0.195 e. The first kappa shape index (κ1) is 20.1. The van der Waals surface area contributed by atoms with Gasteiger partial charge in [0, 0.05) is 19.1 Å². The predicted molar refractivity (Wildman–Crippen MR) is 96.2 cm³/mol. The maximum absolute atomic E-state index is 10.3. The summed E-state index contributed by atoms with van der Waals surface area (Å²) in [6.07, 6.45) is 5.15. The van der Waals surface area contributed by atoms with Crippen molar-refractivity contribution in [2.45, 2.75) is 65.0 Å². The number of aliphatic hydroxyl groups excluding tert-OH is 1. The SMILES string of the molecule is C=CCn1c([C@H](CCCC)C[C@H](O)COCC(C)C)n[nH]c1=S. The molecule has 0 bridgehead atoms. The molecule has 0 aromatic carbocycles. The second-order valence-electron chi connectivity index (χ2n) is 6.45. The van der Waals surface area contributed by atoms with Crippen LogP contribution in [0.4, 0.5) is 0 Å². The fraction of sp³-hybridized carbons (Fsp3) is 0.765. The third-order valence-electron chi connectivity index (χ3n) is 3.69. The van der Waals surface area contributed by atoms with E-state index in [0.29, 0.717) is 36.9 Å². The lowest BCUT2D eigenvalue weighted by Gasteiger charge is -2.20. The number of hydrogen-bond acceptors (Lipinski definition) is 4. The number of nitrogens with one attached hydrogen (secondary N) is 1. The van der Waals surface area contributed by atoms with Gasteiger partial charge in [0.15, 0.2) is 4.77 Å². The van der Waals surface area contributed by atoms with Crippen LogP contribution in [0.5, 0.6) is 0 Å². The molecule has 0 spiro atoms. The number of aliphatic hydroxyl groups is 1. The van der Waals surface area contributed by atoms with E-state index >= 15 is 0 Å². The quantitative estimate of drug-likeness (QED) is 0.448. The molecule has 2 N–H and O–H groups in total. The minimum Gasteiger partial charge on any atom is -0.391 e. The topological polar surface area (TPSA) is 63.1 Å². The van der Waals surface area contributed by atoms with Crippen LogP contribution in [0.15, 0.2) is 12.7 Å². The minimum absolute atomic E-state index is 0.167. The highest BCUT2D eigenvalue weighted by molar-refractivity contribution is 7.71. The molecule has 0 aliphatic carbocycles. The average Bonchev–Trinajstić information content (AvgIpc) is 2.85. The van der Waals surface area contributed by atoms with Gasteiger partial charge in [-0.15, -0.1) is 6.58 Å². The molecule has 0 aliphatic heterocycles. The number of H-pyrrole nitrogens is 1. The van der Waals surface area contributed by atoms with Crippen LogP contribution in [0.3, 0.4) is 0 Å². The second kappa shape index (κ2) is 10.7. The first-order valence-electron chi connectivity index (χ1n) is 8.51.